The number of carbonyl (C=O) groups is 1. The van der Waals surface area contributed by atoms with E-state index >= 15 is 0 Å². The lowest BCUT2D eigenvalue weighted by atomic mass is 10.0. The van der Waals surface area contributed by atoms with Crippen molar-refractivity contribution in [2.45, 2.75) is 0 Å². The molecule has 3 aromatic carbocycles. The van der Waals surface area contributed by atoms with Crippen LogP contribution in [0.5, 0.6) is 11.5 Å². The van der Waals surface area contributed by atoms with Gasteiger partial charge in [-0.3, -0.25) is 4.79 Å². The highest BCUT2D eigenvalue weighted by Gasteiger charge is 2.13. The Hall–Kier alpha value is -3.21. The van der Waals surface area contributed by atoms with E-state index in [4.69, 9.17) is 10.5 Å². The predicted molar refractivity (Wildman–Crippen MR) is 87.2 cm³/mol. The van der Waals surface area contributed by atoms with Crippen LogP contribution < -0.4 is 10.5 Å². The number of carbonyl (C=O) groups excluding carboxylic acids is 1. The van der Waals surface area contributed by atoms with E-state index in [0.717, 1.165) is 12.1 Å². The molecule has 0 unspecified atom stereocenters. The maximum absolute atomic E-state index is 13.7. The van der Waals surface area contributed by atoms with Crippen LogP contribution in [0, 0.1) is 11.6 Å². The van der Waals surface area contributed by atoms with Gasteiger partial charge in [0.1, 0.15) is 5.82 Å². The number of ether oxygens (including phenoxy) is 1. The van der Waals surface area contributed by atoms with Gasteiger partial charge in [-0.05, 0) is 30.3 Å². The fourth-order valence-corrected chi connectivity index (χ4v) is 2.20. The molecule has 3 nitrogen and oxygen atoms in total. The van der Waals surface area contributed by atoms with Crippen LogP contribution in [0.25, 0.3) is 0 Å². The van der Waals surface area contributed by atoms with E-state index in [9.17, 15) is 13.6 Å². The van der Waals surface area contributed by atoms with Crippen molar-refractivity contribution in [3.63, 3.8) is 0 Å². The molecule has 0 atom stereocenters. The molecule has 0 heterocycles. The van der Waals surface area contributed by atoms with Gasteiger partial charge >= 0.3 is 0 Å². The van der Waals surface area contributed by atoms with Crippen molar-refractivity contribution in [1.29, 1.82) is 0 Å². The van der Waals surface area contributed by atoms with Crippen molar-refractivity contribution in [3.8, 4) is 11.5 Å². The first-order valence-corrected chi connectivity index (χ1v) is 7.17. The summed E-state index contributed by atoms with van der Waals surface area (Å²) >= 11 is 0. The van der Waals surface area contributed by atoms with Crippen LogP contribution in [0.2, 0.25) is 0 Å². The summed E-state index contributed by atoms with van der Waals surface area (Å²) in [7, 11) is 0. The molecule has 0 fully saturated rings. The van der Waals surface area contributed by atoms with Crippen molar-refractivity contribution in [3.05, 3.63) is 89.5 Å². The summed E-state index contributed by atoms with van der Waals surface area (Å²) in [4.78, 5) is 12.5. The minimum absolute atomic E-state index is 0.127. The number of anilines is 1. The number of nitrogen functional groups attached to an aromatic ring is 1. The number of hydrogen-bond donors (Lipinski definition) is 1. The zero-order valence-corrected chi connectivity index (χ0v) is 12.5. The fourth-order valence-electron chi connectivity index (χ4n) is 2.20. The Kier molecular flexibility index (Phi) is 4.24. The zero-order chi connectivity index (χ0) is 17.1. The quantitative estimate of drug-likeness (QED) is 0.565. The van der Waals surface area contributed by atoms with Crippen LogP contribution in [-0.4, -0.2) is 5.78 Å². The Morgan fingerprint density at radius 2 is 1.58 bits per heavy atom. The average molecular weight is 325 g/mol. The maximum atomic E-state index is 13.7. The third-order valence-electron chi connectivity index (χ3n) is 3.43. The molecule has 120 valence electrons. The zero-order valence-electron chi connectivity index (χ0n) is 12.5. The predicted octanol–water partition coefficient (Wildman–Crippen LogP) is 4.57. The van der Waals surface area contributed by atoms with Crippen LogP contribution in [0.4, 0.5) is 14.5 Å². The van der Waals surface area contributed by atoms with E-state index in [1.807, 2.05) is 6.07 Å². The first-order chi connectivity index (χ1) is 11.5. The van der Waals surface area contributed by atoms with Crippen LogP contribution in [-0.2, 0) is 0 Å². The van der Waals surface area contributed by atoms with Crippen LogP contribution >= 0.6 is 0 Å². The molecule has 2 N–H and O–H groups in total. The van der Waals surface area contributed by atoms with E-state index in [1.54, 1.807) is 30.3 Å². The van der Waals surface area contributed by atoms with E-state index in [1.165, 1.54) is 12.1 Å². The largest absolute Gasteiger partial charge is 0.452 e. The highest BCUT2D eigenvalue weighted by molar-refractivity contribution is 6.09. The maximum Gasteiger partial charge on any atom is 0.193 e. The second kappa shape index (κ2) is 6.50. The molecule has 0 saturated carbocycles. The van der Waals surface area contributed by atoms with Crippen LogP contribution in [0.1, 0.15) is 15.9 Å². The molecule has 3 rings (SSSR count). The lowest BCUT2D eigenvalue weighted by molar-refractivity contribution is 0.103. The summed E-state index contributed by atoms with van der Waals surface area (Å²) in [5, 5.41) is 0. The molecule has 0 aromatic heterocycles. The molecule has 0 spiro atoms. The molecule has 0 aliphatic rings. The average Bonchev–Trinajstić information content (AvgIpc) is 2.59. The summed E-state index contributed by atoms with van der Waals surface area (Å²) in [6.45, 7) is 0. The highest BCUT2D eigenvalue weighted by Crippen LogP contribution is 2.31. The Morgan fingerprint density at radius 3 is 2.29 bits per heavy atom. The number of halogens is 2. The Labute approximate surface area is 137 Å². The van der Waals surface area contributed by atoms with Gasteiger partial charge in [-0.25, -0.2) is 8.78 Å². The number of rotatable bonds is 4. The highest BCUT2D eigenvalue weighted by atomic mass is 19.1. The van der Waals surface area contributed by atoms with Gasteiger partial charge in [0.05, 0.1) is 5.69 Å². The van der Waals surface area contributed by atoms with Gasteiger partial charge < -0.3 is 10.5 Å². The Balaban J connectivity index is 1.93. The van der Waals surface area contributed by atoms with E-state index in [-0.39, 0.29) is 23.0 Å². The molecule has 24 heavy (non-hydrogen) atoms. The molecule has 3 aromatic rings. The summed E-state index contributed by atoms with van der Waals surface area (Å²) in [5.41, 5.74) is 6.93. The summed E-state index contributed by atoms with van der Waals surface area (Å²) < 4.78 is 32.1. The molecule has 0 radical (unpaired) electrons. The summed E-state index contributed by atoms with van der Waals surface area (Å²) in [6.07, 6.45) is 0. The van der Waals surface area contributed by atoms with E-state index in [0.29, 0.717) is 17.2 Å². The van der Waals surface area contributed by atoms with E-state index in [2.05, 4.69) is 0 Å². The Morgan fingerprint density at radius 1 is 0.833 bits per heavy atom. The number of ketones is 1. The minimum Gasteiger partial charge on any atom is -0.452 e. The van der Waals surface area contributed by atoms with Crippen molar-refractivity contribution >= 4 is 11.5 Å². The third-order valence-corrected chi connectivity index (χ3v) is 3.43. The first kappa shape index (κ1) is 15.7. The topological polar surface area (TPSA) is 52.3 Å². The molecule has 0 amide bonds. The monoisotopic (exact) mass is 325 g/mol. The van der Waals surface area contributed by atoms with Gasteiger partial charge in [0, 0.05) is 17.2 Å². The lowest BCUT2D eigenvalue weighted by Gasteiger charge is -2.11. The standard InChI is InChI=1S/C19H13F2NO2/c20-14-7-9-17(15(21)11-14)24-18-10-13(6-8-16(18)22)19(23)12-4-2-1-3-5-12/h1-11H,22H2. The van der Waals surface area contributed by atoms with Gasteiger partial charge in [0.2, 0.25) is 0 Å². The van der Waals surface area contributed by atoms with Crippen LogP contribution in [0.15, 0.2) is 66.7 Å². The second-order valence-corrected chi connectivity index (χ2v) is 5.12. The number of benzene rings is 3. The minimum atomic E-state index is -0.853. The molecule has 5 heteroatoms. The molecular formula is C19H13F2NO2. The van der Waals surface area contributed by atoms with Gasteiger partial charge in [-0.15, -0.1) is 0 Å². The molecular weight excluding hydrogens is 312 g/mol. The second-order valence-electron chi connectivity index (χ2n) is 5.12. The van der Waals surface area contributed by atoms with E-state index < -0.39 is 11.6 Å². The normalized spacial score (nSPS) is 10.4. The Bertz CT molecular complexity index is 895. The van der Waals surface area contributed by atoms with Gasteiger partial charge in [0.15, 0.2) is 23.1 Å². The number of hydrogen-bond acceptors (Lipinski definition) is 3. The number of nitrogens with two attached hydrogens (primary N) is 1. The van der Waals surface area contributed by atoms with Crippen molar-refractivity contribution < 1.29 is 18.3 Å². The SMILES string of the molecule is Nc1ccc(C(=O)c2ccccc2)cc1Oc1ccc(F)cc1F. The van der Waals surface area contributed by atoms with Crippen LogP contribution in [0.3, 0.4) is 0 Å². The van der Waals surface area contributed by atoms with Crippen molar-refractivity contribution in [1.82, 2.24) is 0 Å². The first-order valence-electron chi connectivity index (χ1n) is 7.17. The third kappa shape index (κ3) is 3.25. The molecule has 0 bridgehead atoms. The summed E-state index contributed by atoms with van der Waals surface area (Å²) in [6, 6.07) is 16.2. The smallest absolute Gasteiger partial charge is 0.193 e. The van der Waals surface area contributed by atoms with Gasteiger partial charge in [-0.1, -0.05) is 30.3 Å². The lowest BCUT2D eigenvalue weighted by Crippen LogP contribution is -2.03. The fraction of sp³-hybridized carbons (Fsp3) is 0. The van der Waals surface area contributed by atoms with Gasteiger partial charge in [0.25, 0.3) is 0 Å². The summed E-state index contributed by atoms with van der Waals surface area (Å²) in [5.74, 6) is -1.82. The van der Waals surface area contributed by atoms with Crippen molar-refractivity contribution in [2.24, 2.45) is 0 Å². The molecule has 0 aliphatic carbocycles. The van der Waals surface area contributed by atoms with Crippen molar-refractivity contribution in [2.75, 3.05) is 5.73 Å². The van der Waals surface area contributed by atoms with Gasteiger partial charge in [-0.2, -0.15) is 0 Å². The molecule has 0 saturated heterocycles. The molecule has 0 aliphatic heterocycles.